The van der Waals surface area contributed by atoms with Gasteiger partial charge >= 0.3 is 5.97 Å². The Balaban J connectivity index is 2.42. The van der Waals surface area contributed by atoms with Crippen molar-refractivity contribution in [2.24, 2.45) is 0 Å². The van der Waals surface area contributed by atoms with Crippen molar-refractivity contribution in [2.45, 2.75) is 13.3 Å². The first-order valence-electron chi connectivity index (χ1n) is 5.19. The summed E-state index contributed by atoms with van der Waals surface area (Å²) in [5.41, 5.74) is 2.40. The summed E-state index contributed by atoms with van der Waals surface area (Å²) in [4.78, 5) is 10.8. The van der Waals surface area contributed by atoms with E-state index in [1.54, 1.807) is 6.08 Å². The molecule has 0 unspecified atom stereocenters. The smallest absolute Gasteiger partial charge is 0.309 e. The fraction of sp³-hybridized carbons (Fsp3) is 0.214. The second kappa shape index (κ2) is 6.62. The molecular weight excluding hydrogens is 200 g/mol. The van der Waals surface area contributed by atoms with Gasteiger partial charge in [-0.15, -0.1) is 0 Å². The van der Waals surface area contributed by atoms with Gasteiger partial charge in [0.25, 0.3) is 0 Å². The molecule has 0 N–H and O–H groups in total. The molecule has 2 nitrogen and oxygen atoms in total. The van der Waals surface area contributed by atoms with E-state index in [0.717, 1.165) is 5.56 Å². The van der Waals surface area contributed by atoms with Crippen LogP contribution in [0.25, 0.3) is 6.08 Å². The molecule has 0 heterocycles. The molecule has 0 fully saturated rings. The standard InChI is InChI=1S/C14H16O2/c1-12-8-10-13(11-9-12)6-4-3-5-7-14(15)16-2/h3-6,8-11H,7H2,1-2H3/b5-3-,6-4+. The summed E-state index contributed by atoms with van der Waals surface area (Å²) in [6.45, 7) is 2.06. The van der Waals surface area contributed by atoms with Crippen molar-refractivity contribution in [3.05, 3.63) is 53.6 Å². The van der Waals surface area contributed by atoms with Crippen LogP contribution in [-0.4, -0.2) is 13.1 Å². The van der Waals surface area contributed by atoms with Crippen molar-refractivity contribution < 1.29 is 9.53 Å². The molecule has 16 heavy (non-hydrogen) atoms. The summed E-state index contributed by atoms with van der Waals surface area (Å²) in [6.07, 6.45) is 7.84. The number of ether oxygens (including phenoxy) is 1. The van der Waals surface area contributed by atoms with Crippen molar-refractivity contribution in [1.29, 1.82) is 0 Å². The summed E-state index contributed by atoms with van der Waals surface area (Å²) >= 11 is 0. The Labute approximate surface area is 96.2 Å². The van der Waals surface area contributed by atoms with Gasteiger partial charge in [-0.2, -0.15) is 0 Å². The van der Waals surface area contributed by atoms with Crippen LogP contribution in [0.2, 0.25) is 0 Å². The van der Waals surface area contributed by atoms with Gasteiger partial charge in [0.05, 0.1) is 13.5 Å². The Morgan fingerprint density at radius 2 is 1.94 bits per heavy atom. The van der Waals surface area contributed by atoms with Crippen LogP contribution in [0.4, 0.5) is 0 Å². The highest BCUT2D eigenvalue weighted by molar-refractivity contribution is 5.71. The lowest BCUT2D eigenvalue weighted by Crippen LogP contribution is -1.96. The van der Waals surface area contributed by atoms with Gasteiger partial charge in [0.2, 0.25) is 0 Å². The second-order valence-electron chi connectivity index (χ2n) is 3.48. The van der Waals surface area contributed by atoms with Crippen LogP contribution in [0.3, 0.4) is 0 Å². The topological polar surface area (TPSA) is 26.3 Å². The molecule has 0 bridgehead atoms. The zero-order valence-electron chi connectivity index (χ0n) is 9.64. The maximum absolute atomic E-state index is 10.8. The fourth-order valence-corrected chi connectivity index (χ4v) is 1.17. The van der Waals surface area contributed by atoms with Crippen LogP contribution in [0.5, 0.6) is 0 Å². The number of methoxy groups -OCH3 is 1. The maximum Gasteiger partial charge on any atom is 0.309 e. The SMILES string of the molecule is COC(=O)C/C=C\C=C\c1ccc(C)cc1. The molecule has 1 rings (SSSR count). The predicted molar refractivity (Wildman–Crippen MR) is 66.0 cm³/mol. The first-order valence-corrected chi connectivity index (χ1v) is 5.19. The fourth-order valence-electron chi connectivity index (χ4n) is 1.17. The number of aryl methyl sites for hydroxylation is 1. The molecule has 0 atom stereocenters. The highest BCUT2D eigenvalue weighted by Crippen LogP contribution is 2.04. The Morgan fingerprint density at radius 1 is 1.25 bits per heavy atom. The average molecular weight is 216 g/mol. The van der Waals surface area contributed by atoms with Crippen molar-refractivity contribution >= 4 is 12.0 Å². The van der Waals surface area contributed by atoms with Crippen LogP contribution in [0.1, 0.15) is 17.5 Å². The van der Waals surface area contributed by atoms with Gasteiger partial charge in [0.15, 0.2) is 0 Å². The number of allylic oxidation sites excluding steroid dienone is 2. The highest BCUT2D eigenvalue weighted by Gasteiger charge is 1.92. The summed E-state index contributed by atoms with van der Waals surface area (Å²) in [5, 5.41) is 0. The van der Waals surface area contributed by atoms with E-state index < -0.39 is 0 Å². The van der Waals surface area contributed by atoms with Crippen molar-refractivity contribution in [1.82, 2.24) is 0 Å². The number of benzene rings is 1. The van der Waals surface area contributed by atoms with Crippen molar-refractivity contribution in [3.8, 4) is 0 Å². The Hall–Kier alpha value is -1.83. The number of carbonyl (C=O) groups excluding carboxylic acids is 1. The van der Waals surface area contributed by atoms with Gasteiger partial charge in [-0.25, -0.2) is 0 Å². The molecule has 0 aromatic heterocycles. The summed E-state index contributed by atoms with van der Waals surface area (Å²) in [7, 11) is 1.39. The van der Waals surface area contributed by atoms with Crippen LogP contribution in [0, 0.1) is 6.92 Å². The summed E-state index contributed by atoms with van der Waals surface area (Å²) < 4.78 is 4.51. The highest BCUT2D eigenvalue weighted by atomic mass is 16.5. The van der Waals surface area contributed by atoms with Crippen LogP contribution in [-0.2, 0) is 9.53 Å². The average Bonchev–Trinajstić information content (AvgIpc) is 2.31. The van der Waals surface area contributed by atoms with Crippen LogP contribution in [0.15, 0.2) is 42.5 Å². The summed E-state index contributed by atoms with van der Waals surface area (Å²) in [6, 6.07) is 8.25. The van der Waals surface area contributed by atoms with E-state index in [1.807, 2.05) is 18.2 Å². The first-order chi connectivity index (χ1) is 7.72. The third-order valence-corrected chi connectivity index (χ3v) is 2.13. The zero-order valence-corrected chi connectivity index (χ0v) is 9.64. The van der Waals surface area contributed by atoms with Gasteiger partial charge in [0.1, 0.15) is 0 Å². The van der Waals surface area contributed by atoms with E-state index in [2.05, 4.69) is 35.9 Å². The van der Waals surface area contributed by atoms with Gasteiger partial charge in [-0.1, -0.05) is 54.1 Å². The van der Waals surface area contributed by atoms with Gasteiger partial charge in [-0.3, -0.25) is 4.79 Å². The number of hydrogen-bond donors (Lipinski definition) is 0. The molecule has 1 aromatic rings. The van der Waals surface area contributed by atoms with E-state index in [1.165, 1.54) is 12.7 Å². The lowest BCUT2D eigenvalue weighted by molar-refractivity contribution is -0.139. The Morgan fingerprint density at radius 3 is 2.56 bits per heavy atom. The number of esters is 1. The lowest BCUT2D eigenvalue weighted by atomic mass is 10.1. The molecule has 0 aliphatic carbocycles. The van der Waals surface area contributed by atoms with Crippen molar-refractivity contribution in [2.75, 3.05) is 7.11 Å². The molecule has 0 aliphatic heterocycles. The molecule has 0 amide bonds. The monoisotopic (exact) mass is 216 g/mol. The number of hydrogen-bond acceptors (Lipinski definition) is 2. The largest absolute Gasteiger partial charge is 0.469 e. The number of carbonyl (C=O) groups is 1. The molecule has 1 aromatic carbocycles. The number of rotatable bonds is 4. The zero-order chi connectivity index (χ0) is 11.8. The molecular formula is C14H16O2. The maximum atomic E-state index is 10.8. The minimum absolute atomic E-state index is 0.222. The molecule has 0 spiro atoms. The second-order valence-corrected chi connectivity index (χ2v) is 3.48. The van der Waals surface area contributed by atoms with Crippen LogP contribution >= 0.6 is 0 Å². The van der Waals surface area contributed by atoms with Gasteiger partial charge in [0, 0.05) is 0 Å². The van der Waals surface area contributed by atoms with E-state index >= 15 is 0 Å². The minimum Gasteiger partial charge on any atom is -0.469 e. The molecule has 0 saturated carbocycles. The molecule has 0 aliphatic rings. The molecule has 84 valence electrons. The Bertz CT molecular complexity index is 386. The van der Waals surface area contributed by atoms with Crippen LogP contribution < -0.4 is 0 Å². The quantitative estimate of drug-likeness (QED) is 0.571. The third kappa shape index (κ3) is 4.60. The minimum atomic E-state index is -0.222. The molecule has 2 heteroatoms. The van der Waals surface area contributed by atoms with E-state index in [9.17, 15) is 4.79 Å². The Kier molecular flexibility index (Phi) is 5.06. The molecule has 0 radical (unpaired) electrons. The van der Waals surface area contributed by atoms with E-state index in [-0.39, 0.29) is 5.97 Å². The van der Waals surface area contributed by atoms with Gasteiger partial charge in [-0.05, 0) is 12.5 Å². The molecule has 0 saturated heterocycles. The third-order valence-electron chi connectivity index (χ3n) is 2.13. The van der Waals surface area contributed by atoms with E-state index in [0.29, 0.717) is 6.42 Å². The van der Waals surface area contributed by atoms with Gasteiger partial charge < -0.3 is 4.74 Å². The normalized spacial score (nSPS) is 11.1. The first kappa shape index (κ1) is 12.2. The lowest BCUT2D eigenvalue weighted by Gasteiger charge is -1.93. The predicted octanol–water partition coefficient (Wildman–Crippen LogP) is 3.13. The van der Waals surface area contributed by atoms with Crippen molar-refractivity contribution in [3.63, 3.8) is 0 Å². The summed E-state index contributed by atoms with van der Waals surface area (Å²) in [5.74, 6) is -0.222. The van der Waals surface area contributed by atoms with E-state index in [4.69, 9.17) is 0 Å².